The van der Waals surface area contributed by atoms with Crippen LogP contribution in [0.15, 0.2) is 41.4 Å². The highest BCUT2D eigenvalue weighted by atomic mass is 32.2. The first-order valence-corrected chi connectivity index (χ1v) is 9.05. The van der Waals surface area contributed by atoms with Crippen LogP contribution < -0.4 is 5.32 Å². The van der Waals surface area contributed by atoms with E-state index in [4.69, 9.17) is 0 Å². The van der Waals surface area contributed by atoms with E-state index in [0.717, 1.165) is 19.4 Å². The van der Waals surface area contributed by atoms with Crippen molar-refractivity contribution in [1.82, 2.24) is 14.6 Å². The van der Waals surface area contributed by atoms with Gasteiger partial charge in [0.15, 0.2) is 0 Å². The number of piperidine rings is 1. The summed E-state index contributed by atoms with van der Waals surface area (Å²) < 4.78 is 27.7. The lowest BCUT2D eigenvalue weighted by molar-refractivity contribution is 0.263. The molecule has 0 amide bonds. The van der Waals surface area contributed by atoms with Crippen molar-refractivity contribution in [1.29, 1.82) is 0 Å². The molecule has 0 radical (unpaired) electrons. The third-order valence-corrected chi connectivity index (χ3v) is 6.12. The molecule has 0 bridgehead atoms. The highest BCUT2D eigenvalue weighted by Gasteiger charge is 2.31. The number of aromatic nitrogens is 1. The van der Waals surface area contributed by atoms with Gasteiger partial charge in [0.1, 0.15) is 0 Å². The average molecular weight is 319 g/mol. The molecule has 1 aromatic heterocycles. The van der Waals surface area contributed by atoms with Crippen molar-refractivity contribution in [3.63, 3.8) is 0 Å². The molecule has 2 aromatic rings. The largest absolute Gasteiger partial charge is 0.319 e. The third kappa shape index (κ3) is 2.86. The van der Waals surface area contributed by atoms with Crippen LogP contribution in [-0.2, 0) is 10.0 Å². The minimum Gasteiger partial charge on any atom is -0.319 e. The molecule has 1 N–H and O–H groups in total. The molecule has 22 heavy (non-hydrogen) atoms. The summed E-state index contributed by atoms with van der Waals surface area (Å²) in [5, 5.41) is 3.84. The lowest BCUT2D eigenvalue weighted by atomic mass is 10.00. The number of pyridine rings is 1. The number of nitrogens with one attached hydrogen (secondary N) is 1. The topological polar surface area (TPSA) is 62.3 Å². The van der Waals surface area contributed by atoms with Gasteiger partial charge >= 0.3 is 0 Å². The van der Waals surface area contributed by atoms with Crippen molar-refractivity contribution < 1.29 is 8.42 Å². The number of benzene rings is 1. The molecule has 5 nitrogen and oxygen atoms in total. The van der Waals surface area contributed by atoms with E-state index < -0.39 is 10.0 Å². The standard InChI is InChI=1S/C16H21N3O2S/c1-17-11-13-5-4-10-19(12-13)22(20,21)16-8-2-7-15-14(16)6-3-9-18-15/h2-3,6-9,13,17H,4-5,10-12H2,1H3/t13-/m0/s1. The van der Waals surface area contributed by atoms with Crippen LogP contribution in [0, 0.1) is 5.92 Å². The number of hydrogen-bond donors (Lipinski definition) is 1. The summed E-state index contributed by atoms with van der Waals surface area (Å²) in [4.78, 5) is 4.62. The molecule has 118 valence electrons. The molecule has 2 heterocycles. The van der Waals surface area contributed by atoms with Gasteiger partial charge in [-0.15, -0.1) is 0 Å². The van der Waals surface area contributed by atoms with Crippen molar-refractivity contribution in [3.8, 4) is 0 Å². The molecular weight excluding hydrogens is 298 g/mol. The number of fused-ring (bicyclic) bond motifs is 1. The van der Waals surface area contributed by atoms with E-state index in [9.17, 15) is 8.42 Å². The van der Waals surface area contributed by atoms with Gasteiger partial charge < -0.3 is 5.32 Å². The van der Waals surface area contributed by atoms with Crippen LogP contribution in [0.1, 0.15) is 12.8 Å². The molecule has 0 spiro atoms. The second kappa shape index (κ2) is 6.32. The first kappa shape index (κ1) is 15.4. The number of hydrogen-bond acceptors (Lipinski definition) is 4. The van der Waals surface area contributed by atoms with Gasteiger partial charge in [-0.05, 0) is 56.6 Å². The highest BCUT2D eigenvalue weighted by Crippen LogP contribution is 2.27. The second-order valence-electron chi connectivity index (χ2n) is 5.76. The molecule has 3 rings (SSSR count). The summed E-state index contributed by atoms with van der Waals surface area (Å²) in [5.74, 6) is 0.377. The van der Waals surface area contributed by atoms with Crippen LogP contribution in [0.3, 0.4) is 0 Å². The molecule has 0 aliphatic carbocycles. The molecule has 0 saturated carbocycles. The van der Waals surface area contributed by atoms with E-state index in [0.29, 0.717) is 34.8 Å². The van der Waals surface area contributed by atoms with Crippen LogP contribution in [0.25, 0.3) is 10.9 Å². The van der Waals surface area contributed by atoms with E-state index >= 15 is 0 Å². The maximum absolute atomic E-state index is 13.0. The molecule has 1 aromatic carbocycles. The van der Waals surface area contributed by atoms with Gasteiger partial charge in [-0.2, -0.15) is 4.31 Å². The van der Waals surface area contributed by atoms with Gasteiger partial charge in [-0.1, -0.05) is 6.07 Å². The normalized spacial score (nSPS) is 20.3. The van der Waals surface area contributed by atoms with E-state index in [1.165, 1.54) is 0 Å². The predicted molar refractivity (Wildman–Crippen MR) is 87.2 cm³/mol. The van der Waals surface area contributed by atoms with Crippen LogP contribution in [-0.4, -0.2) is 44.4 Å². The van der Waals surface area contributed by atoms with Gasteiger partial charge in [0.25, 0.3) is 0 Å². The summed E-state index contributed by atoms with van der Waals surface area (Å²) in [6.07, 6.45) is 3.67. The van der Waals surface area contributed by atoms with Crippen LogP contribution in [0.2, 0.25) is 0 Å². The minimum absolute atomic E-state index is 0.364. The van der Waals surface area contributed by atoms with Crippen LogP contribution in [0.5, 0.6) is 0 Å². The fourth-order valence-electron chi connectivity index (χ4n) is 3.14. The molecule has 0 unspecified atom stereocenters. The fraction of sp³-hybridized carbons (Fsp3) is 0.438. The Morgan fingerprint density at radius 2 is 2.18 bits per heavy atom. The Labute approximate surface area is 131 Å². The van der Waals surface area contributed by atoms with Crippen molar-refractivity contribution in [2.24, 2.45) is 5.92 Å². The van der Waals surface area contributed by atoms with Gasteiger partial charge in [-0.3, -0.25) is 4.98 Å². The monoisotopic (exact) mass is 319 g/mol. The summed E-state index contributed by atoms with van der Waals surface area (Å²) in [5.41, 5.74) is 0.715. The number of sulfonamides is 1. The Kier molecular flexibility index (Phi) is 4.42. The maximum Gasteiger partial charge on any atom is 0.243 e. The van der Waals surface area contributed by atoms with Crippen LogP contribution in [0.4, 0.5) is 0 Å². The fourth-order valence-corrected chi connectivity index (χ4v) is 4.90. The molecular formula is C16H21N3O2S. The molecule has 1 aliphatic rings. The Balaban J connectivity index is 1.98. The summed E-state index contributed by atoms with van der Waals surface area (Å²) in [6.45, 7) is 2.03. The molecule has 1 saturated heterocycles. The first-order chi connectivity index (χ1) is 10.6. The van der Waals surface area contributed by atoms with Crippen molar-refractivity contribution in [3.05, 3.63) is 36.5 Å². The first-order valence-electron chi connectivity index (χ1n) is 7.61. The van der Waals surface area contributed by atoms with Gasteiger partial charge in [0, 0.05) is 24.7 Å². The van der Waals surface area contributed by atoms with E-state index in [1.807, 2.05) is 19.2 Å². The van der Waals surface area contributed by atoms with E-state index in [2.05, 4.69) is 10.3 Å². The lowest BCUT2D eigenvalue weighted by Crippen LogP contribution is -2.42. The minimum atomic E-state index is -3.47. The number of nitrogens with zero attached hydrogens (tertiary/aromatic N) is 2. The van der Waals surface area contributed by atoms with Gasteiger partial charge in [0.2, 0.25) is 10.0 Å². The molecule has 6 heteroatoms. The third-order valence-electron chi connectivity index (χ3n) is 4.20. The quantitative estimate of drug-likeness (QED) is 0.934. The average Bonchev–Trinajstić information content (AvgIpc) is 2.55. The zero-order valence-electron chi connectivity index (χ0n) is 12.7. The summed E-state index contributed by atoms with van der Waals surface area (Å²) in [6, 6.07) is 8.89. The highest BCUT2D eigenvalue weighted by molar-refractivity contribution is 7.89. The maximum atomic E-state index is 13.0. The zero-order valence-corrected chi connectivity index (χ0v) is 13.5. The SMILES string of the molecule is CNC[C@@H]1CCCN(S(=O)(=O)c2cccc3ncccc23)C1. The Bertz CT molecular complexity index is 754. The smallest absolute Gasteiger partial charge is 0.243 e. The molecule has 1 fully saturated rings. The number of rotatable bonds is 4. The van der Waals surface area contributed by atoms with E-state index in [1.54, 1.807) is 28.7 Å². The summed E-state index contributed by atoms with van der Waals surface area (Å²) >= 11 is 0. The van der Waals surface area contributed by atoms with Gasteiger partial charge in [-0.25, -0.2) is 8.42 Å². The van der Waals surface area contributed by atoms with Crippen LogP contribution >= 0.6 is 0 Å². The lowest BCUT2D eigenvalue weighted by Gasteiger charge is -2.32. The van der Waals surface area contributed by atoms with Crippen molar-refractivity contribution in [2.75, 3.05) is 26.7 Å². The van der Waals surface area contributed by atoms with Crippen molar-refractivity contribution >= 4 is 20.9 Å². The summed E-state index contributed by atoms with van der Waals surface area (Å²) in [7, 11) is -1.57. The predicted octanol–water partition coefficient (Wildman–Crippen LogP) is 1.85. The second-order valence-corrected chi connectivity index (χ2v) is 7.66. The zero-order chi connectivity index (χ0) is 15.6. The Morgan fingerprint density at radius 1 is 1.32 bits per heavy atom. The van der Waals surface area contributed by atoms with E-state index in [-0.39, 0.29) is 0 Å². The van der Waals surface area contributed by atoms with Gasteiger partial charge in [0.05, 0.1) is 10.4 Å². The Hall–Kier alpha value is -1.50. The molecule has 1 aliphatic heterocycles. The molecule has 1 atom stereocenters. The Morgan fingerprint density at radius 3 is 3.00 bits per heavy atom. The van der Waals surface area contributed by atoms with Crippen molar-refractivity contribution in [2.45, 2.75) is 17.7 Å².